The van der Waals surface area contributed by atoms with Gasteiger partial charge in [-0.25, -0.2) is 39.2 Å². The number of aryl methyl sites for hydroxylation is 2. The molecule has 3 aromatic rings. The maximum Gasteiger partial charge on any atom is 0.337 e. The second-order valence-electron chi connectivity index (χ2n) is 11.4. The normalized spacial score (nSPS) is 15.5. The Morgan fingerprint density at radius 2 is 1.69 bits per heavy atom. The van der Waals surface area contributed by atoms with E-state index < -0.39 is 47.0 Å². The number of hydrogen-bond acceptors (Lipinski definition) is 12. The number of imidazole rings is 1. The minimum absolute atomic E-state index is 0.000390. The number of aromatic nitrogens is 2. The topological polar surface area (TPSA) is 190 Å². The van der Waals surface area contributed by atoms with Crippen molar-refractivity contribution in [3.8, 4) is 0 Å². The lowest BCUT2D eigenvalue weighted by atomic mass is 10.1. The molecule has 0 spiro atoms. The van der Waals surface area contributed by atoms with Crippen LogP contribution in [0.15, 0.2) is 59.3 Å². The first-order valence-electron chi connectivity index (χ1n) is 15.2. The van der Waals surface area contributed by atoms with Gasteiger partial charge in [0.25, 0.3) is 5.82 Å². The van der Waals surface area contributed by atoms with Gasteiger partial charge in [0.05, 0.1) is 62.3 Å². The molecule has 17 heteroatoms. The summed E-state index contributed by atoms with van der Waals surface area (Å²) in [6, 6.07) is 9.76. The molecule has 1 unspecified atom stereocenters. The van der Waals surface area contributed by atoms with E-state index in [1.54, 1.807) is 47.1 Å². The van der Waals surface area contributed by atoms with Crippen LogP contribution in [0.2, 0.25) is 0 Å². The molecule has 1 atom stereocenters. The highest BCUT2D eigenvalue weighted by Crippen LogP contribution is 2.42. The smallest absolute Gasteiger partial charge is 0.337 e. The zero-order valence-corrected chi connectivity index (χ0v) is 29.8. The van der Waals surface area contributed by atoms with E-state index >= 15 is 0 Å². The van der Waals surface area contributed by atoms with Crippen LogP contribution in [-0.4, -0.2) is 82.4 Å². The lowest BCUT2D eigenvalue weighted by Gasteiger charge is -2.26. The van der Waals surface area contributed by atoms with Crippen molar-refractivity contribution in [1.29, 1.82) is 0 Å². The van der Waals surface area contributed by atoms with E-state index in [2.05, 4.69) is 0 Å². The van der Waals surface area contributed by atoms with Crippen molar-refractivity contribution in [3.63, 3.8) is 0 Å². The molecule has 1 aromatic heterocycles. The average Bonchev–Trinajstić information content (AvgIpc) is 3.47. The Labute approximate surface area is 281 Å². The molecule has 0 amide bonds. The molecular weight excluding hydrogens is 685 g/mol. The molecule has 0 radical (unpaired) electrons. The van der Waals surface area contributed by atoms with E-state index in [1.165, 1.54) is 26.2 Å². The molecule has 48 heavy (non-hydrogen) atoms. The number of ether oxygens (including phenoxy) is 1. The minimum Gasteiger partial charge on any atom is -0.748 e. The summed E-state index contributed by atoms with van der Waals surface area (Å²) in [6.07, 6.45) is 6.44. The number of carbonyl (C=O) groups is 1. The number of benzene rings is 2. The summed E-state index contributed by atoms with van der Waals surface area (Å²) in [5, 5.41) is -1.16. The van der Waals surface area contributed by atoms with Crippen LogP contribution in [0.4, 0.5) is 11.4 Å². The molecule has 0 saturated carbocycles. The zero-order valence-electron chi connectivity index (χ0n) is 27.3. The molecule has 14 nitrogen and oxygen atoms in total. The van der Waals surface area contributed by atoms with Gasteiger partial charge in [-0.2, -0.15) is 0 Å². The Morgan fingerprint density at radius 1 is 0.979 bits per heavy atom. The van der Waals surface area contributed by atoms with E-state index in [-0.39, 0.29) is 30.8 Å². The summed E-state index contributed by atoms with van der Waals surface area (Å²) in [5.41, 5.74) is 2.92. The minimum atomic E-state index is -4.54. The number of carbonyl (C=O) groups excluding carboxylic acids is 1. The molecule has 0 saturated heterocycles. The molecule has 1 aliphatic rings. The van der Waals surface area contributed by atoms with Crippen molar-refractivity contribution >= 4 is 64.5 Å². The van der Waals surface area contributed by atoms with E-state index in [0.29, 0.717) is 47.0 Å². The Morgan fingerprint density at radius 3 is 2.27 bits per heavy atom. The Hall–Kier alpha value is -3.77. The molecule has 2 aromatic carbocycles. The van der Waals surface area contributed by atoms with Crippen LogP contribution in [-0.2, 0) is 47.9 Å². The van der Waals surface area contributed by atoms with Gasteiger partial charge < -0.3 is 23.6 Å². The number of hydrogen-bond donors (Lipinski definition) is 0. The summed E-state index contributed by atoms with van der Waals surface area (Å²) in [6.45, 7) is 6.42. The molecule has 262 valence electrons. The van der Waals surface area contributed by atoms with E-state index in [1.807, 2.05) is 28.2 Å². The summed E-state index contributed by atoms with van der Waals surface area (Å²) in [4.78, 5) is 16.3. The quantitative estimate of drug-likeness (QED) is 0.134. The molecule has 1 aliphatic heterocycles. The van der Waals surface area contributed by atoms with Crippen molar-refractivity contribution < 1.29 is 48.5 Å². The lowest BCUT2D eigenvalue weighted by molar-refractivity contribution is -0.670. The van der Waals surface area contributed by atoms with Gasteiger partial charge in [-0.1, -0.05) is 6.08 Å². The number of nitrogens with zero attached hydrogens (tertiary/aromatic N) is 4. The van der Waals surface area contributed by atoms with Gasteiger partial charge in [0.15, 0.2) is 20.9 Å². The average molecular weight is 724 g/mol. The van der Waals surface area contributed by atoms with Crippen LogP contribution in [0.25, 0.3) is 17.1 Å². The molecule has 0 bridgehead atoms. The number of sulfone groups is 1. The van der Waals surface area contributed by atoms with Gasteiger partial charge in [-0.05, 0) is 70.0 Å². The zero-order chi connectivity index (χ0) is 35.6. The summed E-state index contributed by atoms with van der Waals surface area (Å²) in [5.74, 6) is 0.113. The van der Waals surface area contributed by atoms with E-state index in [0.717, 1.165) is 11.9 Å². The number of esters is 1. The third kappa shape index (κ3) is 8.08. The summed E-state index contributed by atoms with van der Waals surface area (Å²) in [7, 11) is -11.3. The molecule has 4 rings (SSSR count). The monoisotopic (exact) mass is 723 g/mol. The standard InChI is InChI=1S/C31H40N4O10S3/c1-6-32-25-14-12-23(31(36)45-4)20-27(25)35(18-16-22(3)48(42,43)44)30(32)11-8-10-29-33(7-2)26-15-13-24(46(5,37)38)21-28(26)34(29)17-9-19-47(39,40)41/h8,10-15,20-22H,6-7,9,16-19H2,1-5H3,(H-,39,40,41,42,43,44)/p-1. The molecule has 0 fully saturated rings. The lowest BCUT2D eigenvalue weighted by Crippen LogP contribution is -2.35. The number of allylic oxidation sites excluding steroid dienone is 2. The maximum absolute atomic E-state index is 12.4. The Kier molecular flexibility index (Phi) is 11.1. The number of anilines is 2. The van der Waals surface area contributed by atoms with Crippen molar-refractivity contribution in [1.82, 2.24) is 4.57 Å². The Balaban J connectivity index is 1.85. The molecular formula is C31H39N4O10S3-. The maximum atomic E-state index is 12.4. The predicted molar refractivity (Wildman–Crippen MR) is 179 cm³/mol. The van der Waals surface area contributed by atoms with Gasteiger partial charge in [0.2, 0.25) is 0 Å². The fourth-order valence-electron chi connectivity index (χ4n) is 5.75. The van der Waals surface area contributed by atoms with E-state index in [4.69, 9.17) is 4.74 Å². The van der Waals surface area contributed by atoms with Gasteiger partial charge >= 0.3 is 5.97 Å². The highest BCUT2D eigenvalue weighted by molar-refractivity contribution is 7.90. The highest BCUT2D eigenvalue weighted by atomic mass is 32.2. The third-order valence-corrected chi connectivity index (χ3v) is 11.3. The number of methoxy groups -OCH3 is 1. The molecule has 0 aliphatic carbocycles. The van der Waals surface area contributed by atoms with Crippen molar-refractivity contribution in [2.45, 2.75) is 56.8 Å². The van der Waals surface area contributed by atoms with Crippen LogP contribution >= 0.6 is 0 Å². The van der Waals surface area contributed by atoms with Crippen LogP contribution in [0.1, 0.15) is 49.8 Å². The largest absolute Gasteiger partial charge is 0.748 e. The third-order valence-electron chi connectivity index (χ3n) is 8.19. The highest BCUT2D eigenvalue weighted by Gasteiger charge is 2.32. The van der Waals surface area contributed by atoms with Gasteiger partial charge in [0, 0.05) is 42.5 Å². The van der Waals surface area contributed by atoms with Crippen molar-refractivity contribution in [3.05, 3.63) is 65.8 Å². The summed E-state index contributed by atoms with van der Waals surface area (Å²) < 4.78 is 103. The van der Waals surface area contributed by atoms with Crippen molar-refractivity contribution in [2.75, 3.05) is 42.0 Å². The second kappa shape index (κ2) is 14.4. The number of rotatable bonds is 14. The van der Waals surface area contributed by atoms with Gasteiger partial charge in [-0.3, -0.25) is 0 Å². The van der Waals surface area contributed by atoms with Gasteiger partial charge in [-0.15, -0.1) is 0 Å². The van der Waals surface area contributed by atoms with E-state index in [9.17, 15) is 39.2 Å². The number of fused-ring (bicyclic) bond motifs is 2. The SMILES string of the molecule is CCN1C(=CC=Cc2n(CCCS(=O)(=O)[O-])c3cc(S(C)(=O)=O)ccc3[n+]2CC)N(CCC(C)S(=O)(=O)[O-])c2cc(C(=O)OC)ccc21. The second-order valence-corrected chi connectivity index (χ2v) is 16.7. The molecule has 0 N–H and O–H groups in total. The fraction of sp³-hybridized carbons (Fsp3) is 0.419. The van der Waals surface area contributed by atoms with Gasteiger partial charge in [0.1, 0.15) is 5.82 Å². The first-order valence-corrected chi connectivity index (χ1v) is 20.2. The van der Waals surface area contributed by atoms with Crippen LogP contribution in [0.5, 0.6) is 0 Å². The summed E-state index contributed by atoms with van der Waals surface area (Å²) >= 11 is 0. The fourth-order valence-corrected chi connectivity index (χ4v) is 7.26. The Bertz CT molecular complexity index is 2100. The van der Waals surface area contributed by atoms with Crippen LogP contribution < -0.4 is 14.4 Å². The first-order chi connectivity index (χ1) is 22.4. The van der Waals surface area contributed by atoms with Crippen LogP contribution in [0.3, 0.4) is 0 Å². The van der Waals surface area contributed by atoms with Crippen molar-refractivity contribution in [2.24, 2.45) is 0 Å². The first kappa shape index (κ1) is 37.1. The van der Waals surface area contributed by atoms with Crippen LogP contribution in [0, 0.1) is 0 Å². The predicted octanol–water partition coefficient (Wildman–Crippen LogP) is 2.60. The molecule has 2 heterocycles.